The Morgan fingerprint density at radius 3 is 2.83 bits per heavy atom. The van der Waals surface area contributed by atoms with Crippen LogP contribution in [-0.4, -0.2) is 69.4 Å². The number of amides is 1. The molecule has 5 heterocycles. The number of likely N-dealkylation sites (tertiary alicyclic amines) is 1. The molecule has 0 N–H and O–H groups in total. The van der Waals surface area contributed by atoms with E-state index >= 15 is 0 Å². The minimum absolute atomic E-state index is 0.146. The van der Waals surface area contributed by atoms with Gasteiger partial charge in [-0.05, 0) is 24.5 Å². The number of nitrogens with zero attached hydrogens (tertiary/aromatic N) is 5. The highest BCUT2D eigenvalue weighted by Crippen LogP contribution is 2.35. The predicted molar refractivity (Wildman–Crippen MR) is 111 cm³/mol. The summed E-state index contributed by atoms with van der Waals surface area (Å²) in [5, 5.41) is 4.18. The number of ether oxygens (including phenoxy) is 1. The lowest BCUT2D eigenvalue weighted by Gasteiger charge is -2.43. The third-order valence-electron chi connectivity index (χ3n) is 6.65. The second kappa shape index (κ2) is 8.35. The SMILES string of the molecule is O=C(CCn1cccn1)N1C[C@@H]2C[C@H](C1)c1ccc(CN3CCOCC3)c(=O)n1C2. The van der Waals surface area contributed by atoms with Crippen LogP contribution in [0.25, 0.3) is 0 Å². The van der Waals surface area contributed by atoms with E-state index in [1.807, 2.05) is 27.8 Å². The van der Waals surface area contributed by atoms with Crippen molar-refractivity contribution < 1.29 is 9.53 Å². The van der Waals surface area contributed by atoms with Crippen LogP contribution in [0.15, 0.2) is 35.4 Å². The molecule has 2 fully saturated rings. The number of hydrogen-bond acceptors (Lipinski definition) is 5. The van der Waals surface area contributed by atoms with E-state index < -0.39 is 0 Å². The molecule has 3 aliphatic heterocycles. The number of hydrogen-bond donors (Lipinski definition) is 0. The van der Waals surface area contributed by atoms with Gasteiger partial charge in [0.05, 0.1) is 13.2 Å². The van der Waals surface area contributed by atoms with E-state index in [1.54, 1.807) is 10.9 Å². The molecule has 0 saturated carbocycles. The van der Waals surface area contributed by atoms with Crippen molar-refractivity contribution in [3.63, 3.8) is 0 Å². The molecule has 0 unspecified atom stereocenters. The van der Waals surface area contributed by atoms with Gasteiger partial charge in [0.15, 0.2) is 0 Å². The number of aromatic nitrogens is 3. The summed E-state index contributed by atoms with van der Waals surface area (Å²) in [5.74, 6) is 0.775. The van der Waals surface area contributed by atoms with Crippen molar-refractivity contribution in [2.45, 2.75) is 38.4 Å². The summed E-state index contributed by atoms with van der Waals surface area (Å²) in [6.07, 6.45) is 5.14. The molecule has 8 nitrogen and oxygen atoms in total. The van der Waals surface area contributed by atoms with Crippen molar-refractivity contribution in [3.8, 4) is 0 Å². The van der Waals surface area contributed by atoms with Crippen LogP contribution >= 0.6 is 0 Å². The second-order valence-electron chi connectivity index (χ2n) is 8.70. The van der Waals surface area contributed by atoms with Gasteiger partial charge in [0.1, 0.15) is 0 Å². The topological polar surface area (TPSA) is 72.6 Å². The molecule has 0 spiro atoms. The molecule has 3 aliphatic rings. The first-order valence-electron chi connectivity index (χ1n) is 11.0. The fourth-order valence-electron chi connectivity index (χ4n) is 5.12. The average Bonchev–Trinajstić information content (AvgIpc) is 3.29. The molecule has 0 aromatic carbocycles. The summed E-state index contributed by atoms with van der Waals surface area (Å²) >= 11 is 0. The Labute approximate surface area is 176 Å². The third kappa shape index (κ3) is 3.94. The standard InChI is InChI=1S/C22H29N5O3/c28-21(4-7-26-6-1-5-23-26)25-13-17-12-19(16-25)20-3-2-18(22(29)27(20)14-17)15-24-8-10-30-11-9-24/h1-3,5-6,17,19H,4,7-16H2/t17-,19+/m0/s1. The Bertz CT molecular complexity index is 948. The lowest BCUT2D eigenvalue weighted by atomic mass is 9.83. The van der Waals surface area contributed by atoms with Gasteiger partial charge >= 0.3 is 0 Å². The summed E-state index contributed by atoms with van der Waals surface area (Å²) in [6.45, 7) is 6.69. The zero-order valence-corrected chi connectivity index (χ0v) is 17.3. The van der Waals surface area contributed by atoms with Gasteiger partial charge in [-0.3, -0.25) is 19.2 Å². The number of rotatable bonds is 5. The van der Waals surface area contributed by atoms with Crippen molar-refractivity contribution in [1.82, 2.24) is 24.1 Å². The first-order valence-corrected chi connectivity index (χ1v) is 11.0. The molecule has 30 heavy (non-hydrogen) atoms. The van der Waals surface area contributed by atoms with Crippen LogP contribution in [0.2, 0.25) is 0 Å². The van der Waals surface area contributed by atoms with Gasteiger partial charge in [-0.25, -0.2) is 0 Å². The number of fused-ring (bicyclic) bond motifs is 4. The van der Waals surface area contributed by atoms with Gasteiger partial charge in [-0.1, -0.05) is 6.07 Å². The molecule has 2 aromatic heterocycles. The molecular weight excluding hydrogens is 382 g/mol. The molecule has 2 saturated heterocycles. The lowest BCUT2D eigenvalue weighted by molar-refractivity contribution is -0.134. The first-order chi connectivity index (χ1) is 14.7. The van der Waals surface area contributed by atoms with Gasteiger partial charge in [0, 0.05) is 81.8 Å². The molecule has 0 radical (unpaired) electrons. The maximum absolute atomic E-state index is 13.2. The van der Waals surface area contributed by atoms with Crippen LogP contribution in [0, 0.1) is 5.92 Å². The van der Waals surface area contributed by atoms with E-state index in [0.717, 1.165) is 50.5 Å². The van der Waals surface area contributed by atoms with Crippen molar-refractivity contribution in [2.75, 3.05) is 39.4 Å². The summed E-state index contributed by atoms with van der Waals surface area (Å²) in [4.78, 5) is 30.2. The Morgan fingerprint density at radius 2 is 2.03 bits per heavy atom. The van der Waals surface area contributed by atoms with Gasteiger partial charge in [-0.2, -0.15) is 5.10 Å². The van der Waals surface area contributed by atoms with Crippen LogP contribution in [-0.2, 0) is 29.2 Å². The molecule has 160 valence electrons. The zero-order valence-electron chi connectivity index (χ0n) is 17.3. The normalized spacial score (nSPS) is 23.9. The highest BCUT2D eigenvalue weighted by molar-refractivity contribution is 5.76. The number of carbonyl (C=O) groups is 1. The summed E-state index contributed by atoms with van der Waals surface area (Å²) in [5.41, 5.74) is 2.10. The van der Waals surface area contributed by atoms with Gasteiger partial charge < -0.3 is 14.2 Å². The molecule has 2 atom stereocenters. The monoisotopic (exact) mass is 411 g/mol. The molecule has 5 rings (SSSR count). The number of aryl methyl sites for hydroxylation is 1. The van der Waals surface area contributed by atoms with E-state index in [9.17, 15) is 9.59 Å². The van der Waals surface area contributed by atoms with Crippen LogP contribution in [0.1, 0.15) is 30.0 Å². The Morgan fingerprint density at radius 1 is 1.17 bits per heavy atom. The fraction of sp³-hybridized carbons (Fsp3) is 0.591. The highest BCUT2D eigenvalue weighted by Gasteiger charge is 2.36. The van der Waals surface area contributed by atoms with Gasteiger partial charge in [0.25, 0.3) is 5.56 Å². The summed E-state index contributed by atoms with van der Waals surface area (Å²) in [6, 6.07) is 6.00. The largest absolute Gasteiger partial charge is 0.379 e. The number of morpholine rings is 1. The van der Waals surface area contributed by atoms with Crippen LogP contribution in [0.5, 0.6) is 0 Å². The fourth-order valence-corrected chi connectivity index (χ4v) is 5.12. The number of piperidine rings is 1. The minimum Gasteiger partial charge on any atom is -0.379 e. The van der Waals surface area contributed by atoms with E-state index in [4.69, 9.17) is 4.74 Å². The Hall–Kier alpha value is -2.45. The molecule has 1 amide bonds. The van der Waals surface area contributed by atoms with E-state index in [2.05, 4.69) is 16.1 Å². The van der Waals surface area contributed by atoms with E-state index in [-0.39, 0.29) is 17.4 Å². The van der Waals surface area contributed by atoms with Gasteiger partial charge in [-0.15, -0.1) is 0 Å². The highest BCUT2D eigenvalue weighted by atomic mass is 16.5. The summed E-state index contributed by atoms with van der Waals surface area (Å²) < 4.78 is 9.20. The van der Waals surface area contributed by atoms with Gasteiger partial charge in [0.2, 0.25) is 5.91 Å². The first kappa shape index (κ1) is 19.5. The molecule has 2 aromatic rings. The predicted octanol–water partition coefficient (Wildman–Crippen LogP) is 0.913. The van der Waals surface area contributed by atoms with Crippen molar-refractivity contribution in [3.05, 3.63) is 52.2 Å². The smallest absolute Gasteiger partial charge is 0.255 e. The van der Waals surface area contributed by atoms with Crippen molar-refractivity contribution in [1.29, 1.82) is 0 Å². The molecule has 8 heteroatoms. The molecular formula is C22H29N5O3. The Kier molecular flexibility index (Phi) is 5.43. The number of pyridine rings is 1. The second-order valence-corrected chi connectivity index (χ2v) is 8.70. The van der Waals surface area contributed by atoms with E-state index in [1.165, 1.54) is 0 Å². The van der Waals surface area contributed by atoms with Crippen LogP contribution < -0.4 is 5.56 Å². The third-order valence-corrected chi connectivity index (χ3v) is 6.65. The maximum Gasteiger partial charge on any atom is 0.255 e. The van der Waals surface area contributed by atoms with Crippen LogP contribution in [0.3, 0.4) is 0 Å². The number of carbonyl (C=O) groups excluding carboxylic acids is 1. The van der Waals surface area contributed by atoms with Crippen LogP contribution in [0.4, 0.5) is 0 Å². The minimum atomic E-state index is 0.146. The van der Waals surface area contributed by atoms with Crippen molar-refractivity contribution in [2.24, 2.45) is 5.92 Å². The maximum atomic E-state index is 13.2. The molecule has 0 aliphatic carbocycles. The molecule has 2 bridgehead atoms. The van der Waals surface area contributed by atoms with Crippen molar-refractivity contribution >= 4 is 5.91 Å². The zero-order chi connectivity index (χ0) is 20.5. The average molecular weight is 412 g/mol. The summed E-state index contributed by atoms with van der Waals surface area (Å²) in [7, 11) is 0. The van der Waals surface area contributed by atoms with E-state index in [0.29, 0.717) is 38.5 Å². The Balaban J connectivity index is 1.28. The lowest BCUT2D eigenvalue weighted by Crippen LogP contribution is -2.49. The quantitative estimate of drug-likeness (QED) is 0.732.